The third kappa shape index (κ3) is 5.43. The van der Waals surface area contributed by atoms with E-state index < -0.39 is 18.8 Å². The molecule has 0 amide bonds. The second kappa shape index (κ2) is 7.51. The summed E-state index contributed by atoms with van der Waals surface area (Å²) in [7, 11) is 3.12. The quantitative estimate of drug-likeness (QED) is 0.660. The third-order valence-electron chi connectivity index (χ3n) is 2.77. The van der Waals surface area contributed by atoms with Crippen LogP contribution in [-0.4, -0.2) is 48.9 Å². The highest BCUT2D eigenvalue weighted by Crippen LogP contribution is 2.19. The average Bonchev–Trinajstić information content (AvgIpc) is 2.40. The van der Waals surface area contributed by atoms with Gasteiger partial charge in [-0.3, -0.25) is 4.99 Å². The van der Waals surface area contributed by atoms with E-state index in [2.05, 4.69) is 10.3 Å². The fourth-order valence-electron chi connectivity index (χ4n) is 1.65. The number of nitrogens with zero attached hydrogens (tertiary/aromatic N) is 2. The molecule has 21 heavy (non-hydrogen) atoms. The van der Waals surface area contributed by atoms with E-state index in [1.807, 2.05) is 12.1 Å². The van der Waals surface area contributed by atoms with Crippen LogP contribution in [0.3, 0.4) is 0 Å². The summed E-state index contributed by atoms with van der Waals surface area (Å²) in [5, 5.41) is 12.0. The molecule has 118 valence electrons. The third-order valence-corrected chi connectivity index (χ3v) is 3.14. The van der Waals surface area contributed by atoms with E-state index in [-0.39, 0.29) is 5.96 Å². The predicted octanol–water partition coefficient (Wildman–Crippen LogP) is 2.27. The summed E-state index contributed by atoms with van der Waals surface area (Å²) < 4.78 is 36.7. The van der Waals surface area contributed by atoms with Gasteiger partial charge in [0.2, 0.25) is 0 Å². The van der Waals surface area contributed by atoms with Crippen LogP contribution in [0.5, 0.6) is 0 Å². The van der Waals surface area contributed by atoms with E-state index in [1.54, 1.807) is 24.1 Å². The van der Waals surface area contributed by atoms with Crippen LogP contribution in [0.15, 0.2) is 29.3 Å². The lowest BCUT2D eigenvalue weighted by atomic mass is 10.2. The fourth-order valence-corrected chi connectivity index (χ4v) is 1.84. The summed E-state index contributed by atoms with van der Waals surface area (Å²) in [6.45, 7) is -0.287. The zero-order valence-electron chi connectivity index (χ0n) is 11.7. The van der Waals surface area contributed by atoms with Crippen LogP contribution < -0.4 is 5.32 Å². The maximum atomic E-state index is 12.2. The number of hydrogen-bond donors (Lipinski definition) is 2. The maximum Gasteiger partial charge on any atom is 0.416 e. The highest BCUT2D eigenvalue weighted by Gasteiger charge is 2.38. The molecule has 0 saturated heterocycles. The molecule has 1 aromatic rings. The lowest BCUT2D eigenvalue weighted by Gasteiger charge is -2.24. The van der Waals surface area contributed by atoms with Gasteiger partial charge in [0.05, 0.1) is 6.54 Å². The fraction of sp³-hybridized carbons (Fsp3) is 0.462. The Morgan fingerprint density at radius 2 is 2.05 bits per heavy atom. The molecule has 0 aliphatic heterocycles. The Morgan fingerprint density at radius 3 is 2.57 bits per heavy atom. The van der Waals surface area contributed by atoms with E-state index in [0.717, 1.165) is 5.56 Å². The summed E-state index contributed by atoms with van der Waals surface area (Å²) in [6.07, 6.45) is -7.10. The highest BCUT2D eigenvalue weighted by atomic mass is 35.5. The van der Waals surface area contributed by atoms with Gasteiger partial charge in [0.1, 0.15) is 0 Å². The lowest BCUT2D eigenvalue weighted by Crippen LogP contribution is -2.45. The van der Waals surface area contributed by atoms with Gasteiger partial charge in [-0.1, -0.05) is 29.8 Å². The second-order valence-electron chi connectivity index (χ2n) is 4.43. The van der Waals surface area contributed by atoms with Crippen molar-refractivity contribution >= 4 is 17.6 Å². The molecule has 2 N–H and O–H groups in total. The van der Waals surface area contributed by atoms with Gasteiger partial charge in [0.25, 0.3) is 0 Å². The number of rotatable bonds is 4. The molecule has 8 heteroatoms. The Balaban J connectivity index is 2.63. The van der Waals surface area contributed by atoms with E-state index in [4.69, 9.17) is 16.7 Å². The monoisotopic (exact) mass is 323 g/mol. The molecule has 0 aliphatic carbocycles. The standard InChI is InChI=1S/C13H17ClF3N3O/c1-18-12(19-7-11(21)13(15,16)17)20(2)8-9-5-3-4-6-10(9)14/h3-6,11,21H,7-8H2,1-2H3,(H,18,19). The van der Waals surface area contributed by atoms with Crippen molar-refractivity contribution in [3.8, 4) is 0 Å². The van der Waals surface area contributed by atoms with Crippen LogP contribution in [0.1, 0.15) is 5.56 Å². The van der Waals surface area contributed by atoms with Crippen molar-refractivity contribution in [1.29, 1.82) is 0 Å². The van der Waals surface area contributed by atoms with Crippen molar-refractivity contribution in [1.82, 2.24) is 10.2 Å². The zero-order chi connectivity index (χ0) is 16.0. The average molecular weight is 324 g/mol. The van der Waals surface area contributed by atoms with Crippen LogP contribution in [-0.2, 0) is 6.54 Å². The van der Waals surface area contributed by atoms with E-state index >= 15 is 0 Å². The highest BCUT2D eigenvalue weighted by molar-refractivity contribution is 6.31. The van der Waals surface area contributed by atoms with Crippen molar-refractivity contribution < 1.29 is 18.3 Å². The molecule has 0 aliphatic rings. The number of aliphatic hydroxyl groups is 1. The smallest absolute Gasteiger partial charge is 0.382 e. The SMILES string of the molecule is CN=C(NCC(O)C(F)(F)F)N(C)Cc1ccccc1Cl. The van der Waals surface area contributed by atoms with E-state index in [9.17, 15) is 13.2 Å². The Hall–Kier alpha value is -1.47. The lowest BCUT2D eigenvalue weighted by molar-refractivity contribution is -0.201. The predicted molar refractivity (Wildman–Crippen MR) is 76.3 cm³/mol. The first-order valence-corrected chi connectivity index (χ1v) is 6.53. The number of benzene rings is 1. The molecule has 1 aromatic carbocycles. The minimum absolute atomic E-state index is 0.234. The number of halogens is 4. The Kier molecular flexibility index (Phi) is 6.29. The van der Waals surface area contributed by atoms with Gasteiger partial charge >= 0.3 is 6.18 Å². The van der Waals surface area contributed by atoms with Crippen molar-refractivity contribution in [2.45, 2.75) is 18.8 Å². The van der Waals surface area contributed by atoms with Crippen LogP contribution in [0.4, 0.5) is 13.2 Å². The molecule has 1 atom stereocenters. The van der Waals surface area contributed by atoms with Crippen LogP contribution in [0.25, 0.3) is 0 Å². The number of guanidine groups is 1. The molecule has 0 saturated carbocycles. The van der Waals surface area contributed by atoms with Crippen molar-refractivity contribution in [3.05, 3.63) is 34.9 Å². The molecule has 0 aromatic heterocycles. The zero-order valence-corrected chi connectivity index (χ0v) is 12.4. The molecular weight excluding hydrogens is 307 g/mol. The van der Waals surface area contributed by atoms with Gasteiger partial charge in [-0.15, -0.1) is 0 Å². The van der Waals surface area contributed by atoms with Crippen LogP contribution in [0, 0.1) is 0 Å². The topological polar surface area (TPSA) is 47.9 Å². The Bertz CT molecular complexity index is 494. The summed E-state index contributed by atoms with van der Waals surface area (Å²) >= 11 is 6.03. The molecular formula is C13H17ClF3N3O. The first-order valence-electron chi connectivity index (χ1n) is 6.15. The Labute approximate surface area is 126 Å². The summed E-state index contributed by atoms with van der Waals surface area (Å²) in [6, 6.07) is 7.16. The molecule has 0 bridgehead atoms. The Morgan fingerprint density at radius 1 is 1.43 bits per heavy atom. The number of nitrogens with one attached hydrogen (secondary N) is 1. The number of alkyl halides is 3. The summed E-state index contributed by atoms with van der Waals surface area (Å²) in [4.78, 5) is 5.49. The first-order chi connectivity index (χ1) is 9.75. The van der Waals surface area contributed by atoms with Gasteiger partial charge in [0.15, 0.2) is 12.1 Å². The molecule has 0 fully saturated rings. The normalized spacial score (nSPS) is 14.0. The van der Waals surface area contributed by atoms with E-state index in [0.29, 0.717) is 11.6 Å². The van der Waals surface area contributed by atoms with Gasteiger partial charge < -0.3 is 15.3 Å². The summed E-state index contributed by atoms with van der Waals surface area (Å²) in [5.74, 6) is 0.234. The van der Waals surface area contributed by atoms with Gasteiger partial charge in [-0.25, -0.2) is 0 Å². The van der Waals surface area contributed by atoms with Gasteiger partial charge in [-0.2, -0.15) is 13.2 Å². The molecule has 0 spiro atoms. The van der Waals surface area contributed by atoms with Crippen LogP contribution >= 0.6 is 11.6 Å². The molecule has 0 radical (unpaired) electrons. The first kappa shape index (κ1) is 17.6. The molecule has 1 rings (SSSR count). The number of aliphatic hydroxyl groups excluding tert-OH is 1. The summed E-state index contributed by atoms with van der Waals surface area (Å²) in [5.41, 5.74) is 0.820. The van der Waals surface area contributed by atoms with Gasteiger partial charge in [-0.05, 0) is 11.6 Å². The van der Waals surface area contributed by atoms with Crippen molar-refractivity contribution in [3.63, 3.8) is 0 Å². The van der Waals surface area contributed by atoms with Crippen molar-refractivity contribution in [2.75, 3.05) is 20.6 Å². The van der Waals surface area contributed by atoms with Crippen molar-refractivity contribution in [2.24, 2.45) is 4.99 Å². The molecule has 0 heterocycles. The maximum absolute atomic E-state index is 12.2. The molecule has 4 nitrogen and oxygen atoms in total. The minimum atomic E-state index is -4.66. The second-order valence-corrected chi connectivity index (χ2v) is 4.84. The number of aliphatic imine (C=N–C) groups is 1. The largest absolute Gasteiger partial charge is 0.416 e. The minimum Gasteiger partial charge on any atom is -0.382 e. The number of hydrogen-bond acceptors (Lipinski definition) is 2. The molecule has 1 unspecified atom stereocenters. The van der Waals surface area contributed by atoms with Crippen LogP contribution in [0.2, 0.25) is 5.02 Å². The van der Waals surface area contributed by atoms with Gasteiger partial charge in [0, 0.05) is 25.7 Å². The van der Waals surface area contributed by atoms with E-state index in [1.165, 1.54) is 7.05 Å².